The van der Waals surface area contributed by atoms with Gasteiger partial charge in [-0.05, 0) is 67.1 Å². The lowest BCUT2D eigenvalue weighted by molar-refractivity contribution is -0.0798. The van der Waals surface area contributed by atoms with Crippen LogP contribution in [-0.4, -0.2) is 6.18 Å². The second-order valence-corrected chi connectivity index (χ2v) is 8.48. The zero-order valence-corrected chi connectivity index (χ0v) is 17.5. The maximum atomic E-state index is 13.6. The van der Waals surface area contributed by atoms with Gasteiger partial charge in [-0.3, -0.25) is 0 Å². The summed E-state index contributed by atoms with van der Waals surface area (Å²) in [5.74, 6) is 0.335. The molecule has 0 saturated heterocycles. The highest BCUT2D eigenvalue weighted by atomic mass is 19.4. The molecule has 0 heterocycles. The molecule has 0 atom stereocenters. The summed E-state index contributed by atoms with van der Waals surface area (Å²) in [6.07, 6.45) is 4.57. The Morgan fingerprint density at radius 2 is 1.40 bits per heavy atom. The first-order valence-corrected chi connectivity index (χ1v) is 11.0. The molecule has 0 N–H and O–H groups in total. The Bertz CT molecular complexity index is 808. The van der Waals surface area contributed by atoms with Crippen LogP contribution in [-0.2, 0) is 12.8 Å². The number of allylic oxidation sites excluding steroid dienone is 1. The van der Waals surface area contributed by atoms with E-state index in [0.717, 1.165) is 24.3 Å². The molecule has 0 nitrogen and oxygen atoms in total. The average molecular weight is 419 g/mol. The molecule has 1 fully saturated rings. The SMILES string of the molecule is CCCC1CCC(c2ccc(CCc3ccc(/C(F)=C/C(F)(F)F)cc3)cc2)CC1. The van der Waals surface area contributed by atoms with E-state index >= 15 is 0 Å². The highest BCUT2D eigenvalue weighted by Crippen LogP contribution is 2.37. The van der Waals surface area contributed by atoms with Gasteiger partial charge in [0.05, 0.1) is 6.08 Å². The van der Waals surface area contributed by atoms with Crippen molar-refractivity contribution in [3.05, 3.63) is 76.9 Å². The molecule has 0 spiro atoms. The van der Waals surface area contributed by atoms with Crippen LogP contribution in [0.1, 0.15) is 73.6 Å². The molecule has 2 aromatic rings. The summed E-state index contributed by atoms with van der Waals surface area (Å²) in [4.78, 5) is 0. The van der Waals surface area contributed by atoms with Gasteiger partial charge in [0.1, 0.15) is 5.83 Å². The fourth-order valence-electron chi connectivity index (χ4n) is 4.50. The Balaban J connectivity index is 1.51. The van der Waals surface area contributed by atoms with Crippen LogP contribution in [0, 0.1) is 5.92 Å². The molecule has 1 aliphatic rings. The summed E-state index contributed by atoms with van der Waals surface area (Å²) in [5, 5.41) is 0. The highest BCUT2D eigenvalue weighted by Gasteiger charge is 2.25. The normalized spacial score (nSPS) is 20.4. The third kappa shape index (κ3) is 6.72. The van der Waals surface area contributed by atoms with Crippen molar-refractivity contribution in [1.82, 2.24) is 0 Å². The van der Waals surface area contributed by atoms with Gasteiger partial charge in [0, 0.05) is 5.56 Å². The van der Waals surface area contributed by atoms with Crippen LogP contribution in [0.3, 0.4) is 0 Å². The van der Waals surface area contributed by atoms with E-state index in [2.05, 4.69) is 31.2 Å². The van der Waals surface area contributed by atoms with E-state index in [1.165, 1.54) is 61.8 Å². The van der Waals surface area contributed by atoms with Crippen LogP contribution in [0.15, 0.2) is 54.6 Å². The standard InChI is InChI=1S/C26H30F4/c1-2-3-19-6-12-22(13-7-19)23-14-8-20(9-15-23)4-5-21-10-16-24(17-11-21)25(27)18-26(28,29)30/h8-11,14-19,22H,2-7,12-13H2,1H3/b25-18-. The minimum absolute atomic E-state index is 0.0471. The Kier molecular flexibility index (Phi) is 7.74. The first kappa shape index (κ1) is 22.6. The number of benzene rings is 2. The molecule has 0 bridgehead atoms. The Morgan fingerprint density at radius 1 is 0.867 bits per heavy atom. The van der Waals surface area contributed by atoms with E-state index < -0.39 is 12.0 Å². The number of hydrogen-bond donors (Lipinski definition) is 0. The van der Waals surface area contributed by atoms with Gasteiger partial charge in [0.15, 0.2) is 0 Å². The second-order valence-electron chi connectivity index (χ2n) is 8.48. The van der Waals surface area contributed by atoms with Gasteiger partial charge < -0.3 is 0 Å². The van der Waals surface area contributed by atoms with Crippen molar-refractivity contribution in [2.75, 3.05) is 0 Å². The summed E-state index contributed by atoms with van der Waals surface area (Å²) < 4.78 is 50.4. The second kappa shape index (κ2) is 10.3. The van der Waals surface area contributed by atoms with Crippen molar-refractivity contribution in [2.24, 2.45) is 5.92 Å². The molecule has 3 rings (SSSR count). The van der Waals surface area contributed by atoms with E-state index in [0.29, 0.717) is 5.92 Å². The molecular weight excluding hydrogens is 388 g/mol. The topological polar surface area (TPSA) is 0 Å². The quantitative estimate of drug-likeness (QED) is 0.396. The maximum Gasteiger partial charge on any atom is 0.412 e. The van der Waals surface area contributed by atoms with Crippen LogP contribution < -0.4 is 0 Å². The lowest BCUT2D eigenvalue weighted by atomic mass is 9.77. The molecule has 0 aliphatic heterocycles. The van der Waals surface area contributed by atoms with Gasteiger partial charge >= 0.3 is 6.18 Å². The molecule has 0 aromatic heterocycles. The molecule has 1 saturated carbocycles. The highest BCUT2D eigenvalue weighted by molar-refractivity contribution is 5.59. The van der Waals surface area contributed by atoms with E-state index in [1.54, 1.807) is 12.1 Å². The molecule has 0 unspecified atom stereocenters. The van der Waals surface area contributed by atoms with Crippen molar-refractivity contribution in [3.8, 4) is 0 Å². The first-order valence-electron chi connectivity index (χ1n) is 11.0. The minimum Gasteiger partial charge on any atom is -0.206 e. The van der Waals surface area contributed by atoms with Gasteiger partial charge in [-0.2, -0.15) is 13.2 Å². The average Bonchev–Trinajstić information content (AvgIpc) is 2.73. The number of aryl methyl sites for hydroxylation is 2. The molecule has 30 heavy (non-hydrogen) atoms. The van der Waals surface area contributed by atoms with Gasteiger partial charge in [-0.1, -0.05) is 68.3 Å². The predicted octanol–water partition coefficient (Wildman–Crippen LogP) is 8.42. The molecule has 162 valence electrons. The third-order valence-corrected chi connectivity index (χ3v) is 6.22. The van der Waals surface area contributed by atoms with E-state index in [1.807, 2.05) is 0 Å². The van der Waals surface area contributed by atoms with E-state index in [-0.39, 0.29) is 11.6 Å². The van der Waals surface area contributed by atoms with Crippen LogP contribution in [0.5, 0.6) is 0 Å². The predicted molar refractivity (Wildman–Crippen MR) is 115 cm³/mol. The smallest absolute Gasteiger partial charge is 0.206 e. The van der Waals surface area contributed by atoms with Crippen molar-refractivity contribution >= 4 is 5.83 Å². The van der Waals surface area contributed by atoms with Crippen molar-refractivity contribution in [3.63, 3.8) is 0 Å². The number of alkyl halides is 3. The summed E-state index contributed by atoms with van der Waals surface area (Å²) in [5.41, 5.74) is 3.61. The molecule has 4 heteroatoms. The molecule has 0 radical (unpaired) electrons. The zero-order valence-electron chi connectivity index (χ0n) is 17.5. The summed E-state index contributed by atoms with van der Waals surface area (Å²) in [6.45, 7) is 2.27. The van der Waals surface area contributed by atoms with E-state index in [4.69, 9.17) is 0 Å². The van der Waals surface area contributed by atoms with E-state index in [9.17, 15) is 17.6 Å². The zero-order chi connectivity index (χ0) is 21.6. The monoisotopic (exact) mass is 418 g/mol. The Morgan fingerprint density at radius 3 is 1.90 bits per heavy atom. The van der Waals surface area contributed by atoms with Crippen LogP contribution in [0.25, 0.3) is 5.83 Å². The fraction of sp³-hybridized carbons (Fsp3) is 0.462. The molecule has 2 aromatic carbocycles. The van der Waals surface area contributed by atoms with Gasteiger partial charge in [0.2, 0.25) is 0 Å². The fourth-order valence-corrected chi connectivity index (χ4v) is 4.50. The molecular formula is C26H30F4. The van der Waals surface area contributed by atoms with Gasteiger partial charge in [0.25, 0.3) is 0 Å². The Hall–Kier alpha value is -2.10. The maximum absolute atomic E-state index is 13.6. The van der Waals surface area contributed by atoms with Gasteiger partial charge in [-0.25, -0.2) is 4.39 Å². The summed E-state index contributed by atoms with van der Waals surface area (Å²) in [6, 6.07) is 15.1. The lowest BCUT2D eigenvalue weighted by Gasteiger charge is -2.28. The Labute approximate surface area is 177 Å². The van der Waals surface area contributed by atoms with Crippen LogP contribution in [0.2, 0.25) is 0 Å². The van der Waals surface area contributed by atoms with Crippen LogP contribution in [0.4, 0.5) is 17.6 Å². The number of rotatable bonds is 7. The summed E-state index contributed by atoms with van der Waals surface area (Å²) >= 11 is 0. The first-order chi connectivity index (χ1) is 14.3. The third-order valence-electron chi connectivity index (χ3n) is 6.22. The molecule has 1 aliphatic carbocycles. The lowest BCUT2D eigenvalue weighted by Crippen LogP contribution is -2.13. The number of halogens is 4. The minimum atomic E-state index is -4.65. The van der Waals surface area contributed by atoms with Gasteiger partial charge in [-0.15, -0.1) is 0 Å². The largest absolute Gasteiger partial charge is 0.412 e. The van der Waals surface area contributed by atoms with Crippen molar-refractivity contribution in [2.45, 2.75) is 70.4 Å². The van der Waals surface area contributed by atoms with Crippen molar-refractivity contribution < 1.29 is 17.6 Å². The molecule has 0 amide bonds. The van der Waals surface area contributed by atoms with Crippen LogP contribution >= 0.6 is 0 Å². The van der Waals surface area contributed by atoms with Crippen molar-refractivity contribution in [1.29, 1.82) is 0 Å². The number of hydrogen-bond acceptors (Lipinski definition) is 0. The summed E-state index contributed by atoms with van der Waals surface area (Å²) in [7, 11) is 0.